The lowest BCUT2D eigenvalue weighted by Crippen LogP contribution is -2.42. The van der Waals surface area contributed by atoms with E-state index in [1.165, 1.54) is 26.3 Å². The van der Waals surface area contributed by atoms with Crippen molar-refractivity contribution in [3.8, 4) is 0 Å². The third kappa shape index (κ3) is 3.71. The zero-order valence-corrected chi connectivity index (χ0v) is 12.9. The lowest BCUT2D eigenvalue weighted by molar-refractivity contribution is 0.403. The van der Waals surface area contributed by atoms with Gasteiger partial charge in [-0.2, -0.15) is 0 Å². The molecule has 1 aromatic carbocycles. The summed E-state index contributed by atoms with van der Waals surface area (Å²) in [6.45, 7) is 2.04. The Morgan fingerprint density at radius 1 is 1.30 bits per heavy atom. The van der Waals surface area contributed by atoms with Crippen LogP contribution < -0.4 is 14.9 Å². The molecule has 6 heteroatoms. The van der Waals surface area contributed by atoms with Crippen molar-refractivity contribution in [3.63, 3.8) is 0 Å². The monoisotopic (exact) mass is 297 g/mol. The van der Waals surface area contributed by atoms with E-state index < -0.39 is 10.0 Å². The van der Waals surface area contributed by atoms with Gasteiger partial charge in [0.05, 0.1) is 4.90 Å². The zero-order valence-electron chi connectivity index (χ0n) is 12.1. The number of hydrogen-bond acceptors (Lipinski definition) is 4. The molecule has 0 spiro atoms. The molecule has 1 aromatic rings. The second kappa shape index (κ2) is 6.56. The number of hydrogen-bond donors (Lipinski definition) is 2. The van der Waals surface area contributed by atoms with Crippen molar-refractivity contribution in [3.05, 3.63) is 24.3 Å². The van der Waals surface area contributed by atoms with E-state index in [1.807, 2.05) is 19.2 Å². The van der Waals surface area contributed by atoms with Crippen LogP contribution in [0.25, 0.3) is 0 Å². The first kappa shape index (κ1) is 15.3. The fraction of sp³-hybridized carbons (Fsp3) is 0.571. The molecule has 2 rings (SSSR count). The summed E-state index contributed by atoms with van der Waals surface area (Å²) < 4.78 is 25.6. The Labute approximate surface area is 121 Å². The molecular weight excluding hydrogens is 274 g/mol. The SMILES string of the molecule is CNS(=O)(=O)c1ccc(N(C)CC2CCCCN2)cc1. The van der Waals surface area contributed by atoms with Gasteiger partial charge in [0.2, 0.25) is 10.0 Å². The largest absolute Gasteiger partial charge is 0.373 e. The first-order valence-corrected chi connectivity index (χ1v) is 8.49. The number of likely N-dealkylation sites (N-methyl/N-ethyl adjacent to an activating group) is 1. The maximum atomic E-state index is 11.7. The highest BCUT2D eigenvalue weighted by atomic mass is 32.2. The number of sulfonamides is 1. The topological polar surface area (TPSA) is 61.4 Å². The molecule has 0 amide bonds. The van der Waals surface area contributed by atoms with Crippen LogP contribution in [-0.2, 0) is 10.0 Å². The summed E-state index contributed by atoms with van der Waals surface area (Å²) in [5.74, 6) is 0. The highest BCUT2D eigenvalue weighted by Gasteiger charge is 2.16. The molecule has 1 aliphatic rings. The summed E-state index contributed by atoms with van der Waals surface area (Å²) in [6, 6.07) is 7.52. The van der Waals surface area contributed by atoms with Crippen LogP contribution in [0.1, 0.15) is 19.3 Å². The quantitative estimate of drug-likeness (QED) is 0.856. The number of nitrogens with zero attached hydrogens (tertiary/aromatic N) is 1. The minimum absolute atomic E-state index is 0.299. The lowest BCUT2D eigenvalue weighted by Gasteiger charge is -2.29. The molecular formula is C14H23N3O2S. The van der Waals surface area contributed by atoms with Crippen LogP contribution in [0.5, 0.6) is 0 Å². The van der Waals surface area contributed by atoms with E-state index in [1.54, 1.807) is 12.1 Å². The first-order chi connectivity index (χ1) is 9.53. The molecule has 1 saturated heterocycles. The summed E-state index contributed by atoms with van der Waals surface area (Å²) in [6.07, 6.45) is 3.75. The lowest BCUT2D eigenvalue weighted by atomic mass is 10.0. The van der Waals surface area contributed by atoms with Crippen molar-refractivity contribution in [1.29, 1.82) is 0 Å². The van der Waals surface area contributed by atoms with Gasteiger partial charge in [-0.25, -0.2) is 13.1 Å². The van der Waals surface area contributed by atoms with Crippen LogP contribution in [0, 0.1) is 0 Å². The van der Waals surface area contributed by atoms with Gasteiger partial charge in [0, 0.05) is 25.3 Å². The van der Waals surface area contributed by atoms with Crippen LogP contribution >= 0.6 is 0 Å². The second-order valence-corrected chi connectivity index (χ2v) is 7.12. The summed E-state index contributed by atoms with van der Waals surface area (Å²) in [7, 11) is 0.112. The molecule has 1 fully saturated rings. The van der Waals surface area contributed by atoms with Gasteiger partial charge in [0.15, 0.2) is 0 Å². The van der Waals surface area contributed by atoms with Gasteiger partial charge in [-0.3, -0.25) is 0 Å². The van der Waals surface area contributed by atoms with Crippen molar-refractivity contribution in [2.24, 2.45) is 0 Å². The van der Waals surface area contributed by atoms with E-state index in [2.05, 4.69) is 14.9 Å². The highest BCUT2D eigenvalue weighted by Crippen LogP contribution is 2.18. The summed E-state index contributed by atoms with van der Waals surface area (Å²) >= 11 is 0. The van der Waals surface area contributed by atoms with Gasteiger partial charge in [0.25, 0.3) is 0 Å². The third-order valence-electron chi connectivity index (χ3n) is 3.76. The maximum Gasteiger partial charge on any atom is 0.240 e. The molecule has 1 unspecified atom stereocenters. The molecule has 1 heterocycles. The predicted molar refractivity (Wildman–Crippen MR) is 81.6 cm³/mol. The molecule has 5 nitrogen and oxygen atoms in total. The van der Waals surface area contributed by atoms with Crippen LogP contribution in [-0.4, -0.2) is 41.6 Å². The standard InChI is InChI=1S/C14H23N3O2S/c1-15-20(18,19)14-8-6-13(7-9-14)17(2)11-12-5-3-4-10-16-12/h6-9,12,15-16H,3-5,10-11H2,1-2H3. The van der Waals surface area contributed by atoms with E-state index in [9.17, 15) is 8.42 Å². The fourth-order valence-electron chi connectivity index (χ4n) is 2.51. The summed E-state index contributed by atoms with van der Waals surface area (Å²) in [4.78, 5) is 2.46. The van der Waals surface area contributed by atoms with Crippen molar-refractivity contribution in [1.82, 2.24) is 10.0 Å². The van der Waals surface area contributed by atoms with Gasteiger partial charge in [-0.05, 0) is 50.7 Å². The van der Waals surface area contributed by atoms with Gasteiger partial charge in [-0.15, -0.1) is 0 Å². The van der Waals surface area contributed by atoms with E-state index in [4.69, 9.17) is 0 Å². The Morgan fingerprint density at radius 2 is 2.00 bits per heavy atom. The van der Waals surface area contributed by atoms with Crippen molar-refractivity contribution in [2.45, 2.75) is 30.2 Å². The first-order valence-electron chi connectivity index (χ1n) is 7.01. The predicted octanol–water partition coefficient (Wildman–Crippen LogP) is 1.17. The molecule has 112 valence electrons. The van der Waals surface area contributed by atoms with Crippen LogP contribution in [0.2, 0.25) is 0 Å². The number of piperidine rings is 1. The van der Waals surface area contributed by atoms with Crippen molar-refractivity contribution in [2.75, 3.05) is 32.1 Å². The Bertz CT molecular complexity index is 522. The summed E-state index contributed by atoms with van der Waals surface area (Å²) in [5, 5.41) is 3.52. The molecule has 1 atom stereocenters. The number of rotatable bonds is 5. The Balaban J connectivity index is 2.02. The molecule has 0 bridgehead atoms. The average Bonchev–Trinajstić information content (AvgIpc) is 2.48. The average molecular weight is 297 g/mol. The van der Waals surface area contributed by atoms with Gasteiger partial charge >= 0.3 is 0 Å². The van der Waals surface area contributed by atoms with E-state index in [-0.39, 0.29) is 0 Å². The van der Waals surface area contributed by atoms with E-state index >= 15 is 0 Å². The number of benzene rings is 1. The van der Waals surface area contributed by atoms with E-state index in [0.717, 1.165) is 18.8 Å². The zero-order chi connectivity index (χ0) is 14.6. The molecule has 0 saturated carbocycles. The van der Waals surface area contributed by atoms with Crippen LogP contribution in [0.15, 0.2) is 29.2 Å². The van der Waals surface area contributed by atoms with Gasteiger partial charge in [-0.1, -0.05) is 6.42 Å². The third-order valence-corrected chi connectivity index (χ3v) is 5.19. The fourth-order valence-corrected chi connectivity index (χ4v) is 3.24. The highest BCUT2D eigenvalue weighted by molar-refractivity contribution is 7.89. The van der Waals surface area contributed by atoms with Crippen molar-refractivity contribution < 1.29 is 8.42 Å². The van der Waals surface area contributed by atoms with E-state index in [0.29, 0.717) is 10.9 Å². The van der Waals surface area contributed by atoms with Crippen LogP contribution in [0.4, 0.5) is 5.69 Å². The van der Waals surface area contributed by atoms with Crippen LogP contribution in [0.3, 0.4) is 0 Å². The summed E-state index contributed by atoms with van der Waals surface area (Å²) in [5.41, 5.74) is 1.03. The minimum atomic E-state index is -3.35. The maximum absolute atomic E-state index is 11.7. The Hall–Kier alpha value is -1.11. The van der Waals surface area contributed by atoms with Gasteiger partial charge in [0.1, 0.15) is 0 Å². The Kier molecular flexibility index (Phi) is 5.01. The number of nitrogens with one attached hydrogen (secondary N) is 2. The normalized spacial score (nSPS) is 19.8. The molecule has 0 aliphatic carbocycles. The second-order valence-electron chi connectivity index (χ2n) is 5.23. The molecule has 0 radical (unpaired) electrons. The van der Waals surface area contributed by atoms with Crippen molar-refractivity contribution >= 4 is 15.7 Å². The smallest absolute Gasteiger partial charge is 0.240 e. The molecule has 0 aromatic heterocycles. The Morgan fingerprint density at radius 3 is 2.55 bits per heavy atom. The molecule has 1 aliphatic heterocycles. The number of anilines is 1. The van der Waals surface area contributed by atoms with Gasteiger partial charge < -0.3 is 10.2 Å². The molecule has 2 N–H and O–H groups in total. The minimum Gasteiger partial charge on any atom is -0.373 e. The molecule has 20 heavy (non-hydrogen) atoms.